The molecule has 1 saturated heterocycles. The van der Waals surface area contributed by atoms with E-state index in [1.807, 2.05) is 17.5 Å². The molecule has 0 bridgehead atoms. The van der Waals surface area contributed by atoms with Gasteiger partial charge in [-0.2, -0.15) is 4.31 Å². The minimum Gasteiger partial charge on any atom is -0.298 e. The second-order valence-electron chi connectivity index (χ2n) is 8.03. The lowest BCUT2D eigenvalue weighted by Gasteiger charge is -2.34. The van der Waals surface area contributed by atoms with Crippen LogP contribution in [0.4, 0.5) is 5.13 Å². The molecular formula is C22H24N4O3S2. The number of amides is 1. The summed E-state index contributed by atoms with van der Waals surface area (Å²) in [6.07, 6.45) is 4.41. The lowest BCUT2D eigenvalue weighted by Crippen LogP contribution is -2.42. The summed E-state index contributed by atoms with van der Waals surface area (Å²) in [4.78, 5) is 21.4. The molecule has 0 aliphatic carbocycles. The van der Waals surface area contributed by atoms with Gasteiger partial charge in [0.15, 0.2) is 5.13 Å². The second kappa shape index (κ2) is 8.86. The number of hydrogen-bond donors (Lipinski definition) is 1. The molecule has 4 rings (SSSR count). The zero-order valence-corrected chi connectivity index (χ0v) is 19.0. The zero-order chi connectivity index (χ0) is 22.0. The van der Waals surface area contributed by atoms with E-state index in [9.17, 15) is 13.2 Å². The standard InChI is InChI=1S/C22H24N4O3S2/c1-15-9-16(2)13-26(12-15)31(28,29)19-7-3-5-17(10-19)21(27)25-22-24-20(14-30-22)18-6-4-8-23-11-18/h3-8,10-11,14-16H,9,12-13H2,1-2H3,(H,24,25,27). The number of pyridine rings is 1. The Morgan fingerprint density at radius 1 is 1.16 bits per heavy atom. The van der Waals surface area contributed by atoms with Crippen molar-refractivity contribution in [2.24, 2.45) is 11.8 Å². The van der Waals surface area contributed by atoms with Crippen LogP contribution in [0, 0.1) is 11.8 Å². The molecule has 1 amide bonds. The third kappa shape index (κ3) is 4.84. The van der Waals surface area contributed by atoms with E-state index in [0.717, 1.165) is 17.7 Å². The number of hydrogen-bond acceptors (Lipinski definition) is 6. The molecule has 31 heavy (non-hydrogen) atoms. The Morgan fingerprint density at radius 2 is 1.94 bits per heavy atom. The third-order valence-corrected chi connectivity index (χ3v) is 7.84. The summed E-state index contributed by atoms with van der Waals surface area (Å²) in [6, 6.07) is 9.89. The molecular weight excluding hydrogens is 432 g/mol. The molecule has 0 spiro atoms. The van der Waals surface area contributed by atoms with Crippen molar-refractivity contribution in [2.45, 2.75) is 25.2 Å². The molecule has 1 aliphatic rings. The predicted molar refractivity (Wildman–Crippen MR) is 121 cm³/mol. The van der Waals surface area contributed by atoms with Crippen molar-refractivity contribution in [1.82, 2.24) is 14.3 Å². The number of carbonyl (C=O) groups excluding carboxylic acids is 1. The zero-order valence-electron chi connectivity index (χ0n) is 17.4. The number of nitrogens with zero attached hydrogens (tertiary/aromatic N) is 3. The van der Waals surface area contributed by atoms with Crippen LogP contribution in [0.1, 0.15) is 30.6 Å². The lowest BCUT2D eigenvalue weighted by atomic mass is 9.94. The van der Waals surface area contributed by atoms with E-state index >= 15 is 0 Å². The summed E-state index contributed by atoms with van der Waals surface area (Å²) in [6.45, 7) is 5.13. The van der Waals surface area contributed by atoms with E-state index in [1.165, 1.54) is 21.7 Å². The SMILES string of the molecule is CC1CC(C)CN(S(=O)(=O)c2cccc(C(=O)Nc3nc(-c4cccnc4)cs3)c2)C1. The summed E-state index contributed by atoms with van der Waals surface area (Å²) in [7, 11) is -3.66. The first-order valence-corrected chi connectivity index (χ1v) is 12.4. The minimum absolute atomic E-state index is 0.136. The molecule has 0 saturated carbocycles. The highest BCUT2D eigenvalue weighted by atomic mass is 32.2. The summed E-state index contributed by atoms with van der Waals surface area (Å²) in [5, 5.41) is 5.04. The Hall–Kier alpha value is -2.62. The van der Waals surface area contributed by atoms with Crippen LogP contribution in [-0.2, 0) is 10.0 Å². The first-order valence-electron chi connectivity index (χ1n) is 10.1. The number of piperidine rings is 1. The van der Waals surface area contributed by atoms with Crippen molar-refractivity contribution < 1.29 is 13.2 Å². The van der Waals surface area contributed by atoms with E-state index in [0.29, 0.717) is 30.1 Å². The fraction of sp³-hybridized carbons (Fsp3) is 0.318. The number of anilines is 1. The highest BCUT2D eigenvalue weighted by Gasteiger charge is 2.32. The van der Waals surface area contributed by atoms with Gasteiger partial charge in [-0.25, -0.2) is 13.4 Å². The average molecular weight is 457 g/mol. The van der Waals surface area contributed by atoms with Crippen LogP contribution in [-0.4, -0.2) is 41.7 Å². The first kappa shape index (κ1) is 21.6. The van der Waals surface area contributed by atoms with Crippen molar-refractivity contribution in [2.75, 3.05) is 18.4 Å². The van der Waals surface area contributed by atoms with Crippen LogP contribution < -0.4 is 5.32 Å². The Bertz CT molecular complexity index is 1170. The fourth-order valence-electron chi connectivity index (χ4n) is 3.90. The van der Waals surface area contributed by atoms with E-state index in [2.05, 4.69) is 29.1 Å². The summed E-state index contributed by atoms with van der Waals surface area (Å²) >= 11 is 1.30. The fourth-order valence-corrected chi connectivity index (χ4v) is 6.34. The number of nitrogens with one attached hydrogen (secondary N) is 1. The van der Waals surface area contributed by atoms with Crippen LogP contribution in [0.5, 0.6) is 0 Å². The maximum atomic E-state index is 13.1. The molecule has 9 heteroatoms. The summed E-state index contributed by atoms with van der Waals surface area (Å²) in [5.74, 6) is 0.220. The van der Waals surface area contributed by atoms with Crippen molar-refractivity contribution in [3.05, 3.63) is 59.7 Å². The van der Waals surface area contributed by atoms with Crippen LogP contribution in [0.25, 0.3) is 11.3 Å². The number of sulfonamides is 1. The predicted octanol–water partition coefficient (Wildman–Crippen LogP) is 4.12. The van der Waals surface area contributed by atoms with E-state index in [4.69, 9.17) is 0 Å². The summed E-state index contributed by atoms with van der Waals surface area (Å²) in [5.41, 5.74) is 1.85. The van der Waals surface area contributed by atoms with E-state index in [-0.39, 0.29) is 10.5 Å². The van der Waals surface area contributed by atoms with Crippen LogP contribution in [0.2, 0.25) is 0 Å². The Labute approximate surface area is 186 Å². The van der Waals surface area contributed by atoms with Gasteiger partial charge < -0.3 is 0 Å². The van der Waals surface area contributed by atoms with Crippen LogP contribution in [0.3, 0.4) is 0 Å². The molecule has 1 aliphatic heterocycles. The number of aromatic nitrogens is 2. The van der Waals surface area contributed by atoms with Gasteiger partial charge >= 0.3 is 0 Å². The number of thiazole rings is 1. The number of benzene rings is 1. The highest BCUT2D eigenvalue weighted by Crippen LogP contribution is 2.28. The lowest BCUT2D eigenvalue weighted by molar-refractivity contribution is 0.102. The van der Waals surface area contributed by atoms with Gasteiger partial charge in [-0.1, -0.05) is 19.9 Å². The van der Waals surface area contributed by atoms with E-state index < -0.39 is 15.9 Å². The van der Waals surface area contributed by atoms with Gasteiger partial charge in [0.1, 0.15) is 0 Å². The topological polar surface area (TPSA) is 92.3 Å². The smallest absolute Gasteiger partial charge is 0.257 e. The van der Waals surface area contributed by atoms with Crippen LogP contribution in [0.15, 0.2) is 59.1 Å². The maximum absolute atomic E-state index is 13.1. The van der Waals surface area contributed by atoms with Gasteiger partial charge in [-0.05, 0) is 48.6 Å². The first-order chi connectivity index (χ1) is 14.8. The van der Waals surface area contributed by atoms with Crippen molar-refractivity contribution in [1.29, 1.82) is 0 Å². The largest absolute Gasteiger partial charge is 0.298 e. The van der Waals surface area contributed by atoms with Gasteiger partial charge in [-0.3, -0.25) is 15.1 Å². The molecule has 162 valence electrons. The molecule has 1 N–H and O–H groups in total. The molecule has 1 fully saturated rings. The molecule has 3 aromatic rings. The summed E-state index contributed by atoms with van der Waals surface area (Å²) < 4.78 is 27.8. The quantitative estimate of drug-likeness (QED) is 0.623. The second-order valence-corrected chi connectivity index (χ2v) is 10.8. The highest BCUT2D eigenvalue weighted by molar-refractivity contribution is 7.89. The van der Waals surface area contributed by atoms with Crippen molar-refractivity contribution in [3.63, 3.8) is 0 Å². The maximum Gasteiger partial charge on any atom is 0.257 e. The van der Waals surface area contributed by atoms with Crippen molar-refractivity contribution in [3.8, 4) is 11.3 Å². The van der Waals surface area contributed by atoms with Crippen molar-refractivity contribution >= 4 is 32.4 Å². The molecule has 3 heterocycles. The Morgan fingerprint density at radius 3 is 2.65 bits per heavy atom. The van der Waals surface area contributed by atoms with Gasteiger partial charge in [-0.15, -0.1) is 11.3 Å². The molecule has 2 unspecified atom stereocenters. The Kier molecular flexibility index (Phi) is 6.17. The third-order valence-electron chi connectivity index (χ3n) is 5.25. The Balaban J connectivity index is 1.52. The molecule has 1 aromatic carbocycles. The number of carbonyl (C=O) groups is 1. The minimum atomic E-state index is -3.66. The van der Waals surface area contributed by atoms with Gasteiger partial charge in [0, 0.05) is 42.0 Å². The van der Waals surface area contributed by atoms with Gasteiger partial charge in [0.25, 0.3) is 5.91 Å². The van der Waals surface area contributed by atoms with Gasteiger partial charge in [0.05, 0.1) is 10.6 Å². The number of rotatable bonds is 5. The normalized spacial score (nSPS) is 19.8. The van der Waals surface area contributed by atoms with E-state index in [1.54, 1.807) is 30.6 Å². The average Bonchev–Trinajstić information content (AvgIpc) is 3.22. The molecule has 7 nitrogen and oxygen atoms in total. The molecule has 2 atom stereocenters. The molecule has 2 aromatic heterocycles. The monoisotopic (exact) mass is 456 g/mol. The van der Waals surface area contributed by atoms with Crippen LogP contribution >= 0.6 is 11.3 Å². The van der Waals surface area contributed by atoms with Gasteiger partial charge in [0.2, 0.25) is 10.0 Å². The molecule has 0 radical (unpaired) electrons.